The van der Waals surface area contributed by atoms with Crippen molar-refractivity contribution in [2.75, 3.05) is 5.75 Å². The standard InChI is InChI=1S/C21H32N2O4S/c1-19(2)14-6-9-20(19)13-28(26,27)23(17(20)11-14)18(25)16-7-10-21(22-16)8-4-3-5-15(21)12-24/h12,14-17,22H,3-11,13H2,1-2H3/t14-,15?,16-,17-,20-,21-/m1/s1. The highest BCUT2D eigenvalue weighted by molar-refractivity contribution is 7.90. The molecular weight excluding hydrogens is 376 g/mol. The SMILES string of the molecule is CC1(C)[C@@H]2CC[C@]13CS(=O)(=O)N(C(=O)[C@H]1CC[C@@]4(CCCCC4C=O)N1)[C@@H]3C2. The molecule has 0 aromatic heterocycles. The summed E-state index contributed by atoms with van der Waals surface area (Å²) >= 11 is 0. The molecule has 6 atom stereocenters. The van der Waals surface area contributed by atoms with Crippen LogP contribution in [-0.2, 0) is 19.6 Å². The van der Waals surface area contributed by atoms with Gasteiger partial charge >= 0.3 is 0 Å². The first kappa shape index (κ1) is 19.0. The second-order valence-corrected chi connectivity index (χ2v) is 12.5. The largest absolute Gasteiger partial charge is 0.303 e. The second kappa shape index (κ2) is 5.81. The van der Waals surface area contributed by atoms with Crippen LogP contribution in [0.2, 0.25) is 0 Å². The number of nitrogens with one attached hydrogen (secondary N) is 1. The van der Waals surface area contributed by atoms with Crippen LogP contribution in [0, 0.1) is 22.7 Å². The van der Waals surface area contributed by atoms with E-state index in [9.17, 15) is 18.0 Å². The topological polar surface area (TPSA) is 83.6 Å². The molecule has 6 nitrogen and oxygen atoms in total. The van der Waals surface area contributed by atoms with Gasteiger partial charge in [0.1, 0.15) is 6.29 Å². The van der Waals surface area contributed by atoms with Gasteiger partial charge in [0.25, 0.3) is 5.91 Å². The van der Waals surface area contributed by atoms with E-state index in [2.05, 4.69) is 19.2 Å². The van der Waals surface area contributed by atoms with Crippen LogP contribution in [0.3, 0.4) is 0 Å². The monoisotopic (exact) mass is 408 g/mol. The predicted octanol–water partition coefficient (Wildman–Crippen LogP) is 2.23. The highest BCUT2D eigenvalue weighted by Gasteiger charge is 2.72. The summed E-state index contributed by atoms with van der Waals surface area (Å²) in [6.45, 7) is 4.40. The van der Waals surface area contributed by atoms with Crippen molar-refractivity contribution in [1.29, 1.82) is 0 Å². The first-order valence-electron chi connectivity index (χ1n) is 11.0. The third-order valence-corrected chi connectivity index (χ3v) is 11.4. The lowest BCUT2D eigenvalue weighted by Gasteiger charge is -2.40. The van der Waals surface area contributed by atoms with Gasteiger partial charge in [-0.15, -0.1) is 0 Å². The van der Waals surface area contributed by atoms with Crippen molar-refractivity contribution >= 4 is 22.2 Å². The third kappa shape index (κ3) is 2.21. The molecule has 5 rings (SSSR count). The summed E-state index contributed by atoms with van der Waals surface area (Å²) in [5.74, 6) is 0.289. The van der Waals surface area contributed by atoms with Gasteiger partial charge in [-0.1, -0.05) is 26.7 Å². The maximum atomic E-state index is 13.5. The van der Waals surface area contributed by atoms with E-state index in [1.807, 2.05) is 0 Å². The molecule has 3 aliphatic carbocycles. The van der Waals surface area contributed by atoms with Gasteiger partial charge in [-0.05, 0) is 56.3 Å². The van der Waals surface area contributed by atoms with Crippen molar-refractivity contribution in [1.82, 2.24) is 9.62 Å². The van der Waals surface area contributed by atoms with Gasteiger partial charge in [0.05, 0.1) is 17.8 Å². The van der Waals surface area contributed by atoms with E-state index in [4.69, 9.17) is 0 Å². The molecule has 1 unspecified atom stereocenters. The summed E-state index contributed by atoms with van der Waals surface area (Å²) in [6.07, 6.45) is 9.12. The molecule has 1 amide bonds. The van der Waals surface area contributed by atoms with E-state index in [1.54, 1.807) is 0 Å². The number of carbonyl (C=O) groups is 2. The highest BCUT2D eigenvalue weighted by Crippen LogP contribution is 2.70. The zero-order valence-corrected chi connectivity index (χ0v) is 17.8. The van der Waals surface area contributed by atoms with Crippen LogP contribution in [0.25, 0.3) is 0 Å². The fraction of sp³-hybridized carbons (Fsp3) is 0.905. The van der Waals surface area contributed by atoms with Crippen molar-refractivity contribution in [2.45, 2.75) is 89.3 Å². The van der Waals surface area contributed by atoms with Crippen LogP contribution in [-0.4, -0.2) is 48.3 Å². The predicted molar refractivity (Wildman–Crippen MR) is 105 cm³/mol. The van der Waals surface area contributed by atoms with Gasteiger partial charge < -0.3 is 4.79 Å². The molecule has 2 bridgehead atoms. The fourth-order valence-corrected chi connectivity index (χ4v) is 10.3. The van der Waals surface area contributed by atoms with Gasteiger partial charge in [-0.25, -0.2) is 12.7 Å². The van der Waals surface area contributed by atoms with Gasteiger partial charge in [0, 0.05) is 16.9 Å². The molecule has 5 aliphatic rings. The van der Waals surface area contributed by atoms with Gasteiger partial charge in [-0.2, -0.15) is 0 Å². The van der Waals surface area contributed by atoms with Crippen LogP contribution in [0.4, 0.5) is 0 Å². The maximum absolute atomic E-state index is 13.5. The average Bonchev–Trinajstić information content (AvgIpc) is 3.29. The Balaban J connectivity index is 1.43. The second-order valence-electron chi connectivity index (χ2n) is 10.6. The first-order chi connectivity index (χ1) is 13.2. The first-order valence-corrected chi connectivity index (χ1v) is 12.6. The number of fused-ring (bicyclic) bond motifs is 1. The number of hydrogen-bond acceptors (Lipinski definition) is 5. The summed E-state index contributed by atoms with van der Waals surface area (Å²) in [5, 5.41) is 3.48. The Morgan fingerprint density at radius 2 is 1.89 bits per heavy atom. The number of sulfonamides is 1. The highest BCUT2D eigenvalue weighted by atomic mass is 32.2. The molecule has 2 heterocycles. The number of nitrogens with zero attached hydrogens (tertiary/aromatic N) is 1. The number of hydrogen-bond donors (Lipinski definition) is 1. The molecule has 0 aromatic rings. The quantitative estimate of drug-likeness (QED) is 0.709. The Labute approximate surface area is 167 Å². The minimum atomic E-state index is -3.58. The van der Waals surface area contributed by atoms with E-state index in [-0.39, 0.29) is 40.0 Å². The Hall–Kier alpha value is -0.950. The van der Waals surface area contributed by atoms with Crippen molar-refractivity contribution in [3.05, 3.63) is 0 Å². The Morgan fingerprint density at radius 3 is 2.61 bits per heavy atom. The van der Waals surface area contributed by atoms with E-state index < -0.39 is 16.1 Å². The molecule has 2 spiro atoms. The van der Waals surface area contributed by atoms with Crippen LogP contribution in [0.1, 0.15) is 71.6 Å². The maximum Gasteiger partial charge on any atom is 0.253 e. The van der Waals surface area contributed by atoms with Gasteiger partial charge in [0.15, 0.2) is 0 Å². The van der Waals surface area contributed by atoms with E-state index in [1.165, 1.54) is 4.31 Å². The summed E-state index contributed by atoms with van der Waals surface area (Å²) in [4.78, 5) is 25.1. The lowest BCUT2D eigenvalue weighted by atomic mass is 9.69. The van der Waals surface area contributed by atoms with Crippen LogP contribution in [0.15, 0.2) is 0 Å². The van der Waals surface area contributed by atoms with Crippen molar-refractivity contribution in [3.8, 4) is 0 Å². The zero-order valence-electron chi connectivity index (χ0n) is 16.9. The molecule has 2 saturated heterocycles. The summed E-state index contributed by atoms with van der Waals surface area (Å²) in [6, 6.07) is -0.655. The van der Waals surface area contributed by atoms with Crippen molar-refractivity contribution in [2.24, 2.45) is 22.7 Å². The normalized spacial score (nSPS) is 48.1. The number of rotatable bonds is 2. The molecule has 0 radical (unpaired) electrons. The molecule has 2 aliphatic heterocycles. The fourth-order valence-electron chi connectivity index (χ4n) is 7.77. The van der Waals surface area contributed by atoms with E-state index in [0.29, 0.717) is 12.3 Å². The zero-order chi connectivity index (χ0) is 19.9. The van der Waals surface area contributed by atoms with Crippen LogP contribution < -0.4 is 5.32 Å². The smallest absolute Gasteiger partial charge is 0.253 e. The van der Waals surface area contributed by atoms with Gasteiger partial charge in [-0.3, -0.25) is 10.1 Å². The molecule has 0 aromatic carbocycles. The summed E-state index contributed by atoms with van der Waals surface area (Å²) in [7, 11) is -3.58. The molecule has 156 valence electrons. The van der Waals surface area contributed by atoms with Gasteiger partial charge in [0.2, 0.25) is 10.0 Å². The van der Waals surface area contributed by atoms with Crippen molar-refractivity contribution < 1.29 is 18.0 Å². The molecule has 1 N–H and O–H groups in total. The minimum Gasteiger partial charge on any atom is -0.303 e. The lowest BCUT2D eigenvalue weighted by molar-refractivity contribution is -0.131. The third-order valence-electron chi connectivity index (χ3n) is 9.53. The molecule has 3 saturated carbocycles. The molecule has 7 heteroatoms. The van der Waals surface area contributed by atoms with Crippen LogP contribution >= 0.6 is 0 Å². The Morgan fingerprint density at radius 1 is 1.11 bits per heavy atom. The number of carbonyl (C=O) groups excluding carboxylic acids is 2. The minimum absolute atomic E-state index is 0.0317. The van der Waals surface area contributed by atoms with E-state index in [0.717, 1.165) is 57.7 Å². The lowest BCUT2D eigenvalue weighted by Crippen LogP contribution is -2.56. The summed E-state index contributed by atoms with van der Waals surface area (Å²) in [5.41, 5.74) is -0.621. The molecule has 5 fully saturated rings. The molecular formula is C21H32N2O4S. The van der Waals surface area contributed by atoms with Crippen LogP contribution in [0.5, 0.6) is 0 Å². The van der Waals surface area contributed by atoms with E-state index >= 15 is 0 Å². The van der Waals surface area contributed by atoms with Crippen molar-refractivity contribution in [3.63, 3.8) is 0 Å². The number of amides is 1. The Bertz CT molecular complexity index is 824. The molecule has 28 heavy (non-hydrogen) atoms. The average molecular weight is 409 g/mol. The Kier molecular flexibility index (Phi) is 3.95. The number of aldehydes is 1. The summed E-state index contributed by atoms with van der Waals surface area (Å²) < 4.78 is 27.6.